The van der Waals surface area contributed by atoms with Gasteiger partial charge in [-0.15, -0.1) is 0 Å². The molecule has 0 radical (unpaired) electrons. The summed E-state index contributed by atoms with van der Waals surface area (Å²) in [5, 5.41) is 4.31. The smallest absolute Gasteiger partial charge is 0.425 e. The first-order valence-corrected chi connectivity index (χ1v) is 11.9. The van der Waals surface area contributed by atoms with E-state index in [0.717, 1.165) is 31.4 Å². The van der Waals surface area contributed by atoms with Crippen LogP contribution in [-0.2, 0) is 22.9 Å². The number of sulfone groups is 1. The monoisotopic (exact) mass is 497 g/mol. The number of amides is 1. The number of carbonyl (C=O) groups is 1. The molecule has 2 aromatic carbocycles. The lowest BCUT2D eigenvalue weighted by Gasteiger charge is -2.22. The third-order valence-electron chi connectivity index (χ3n) is 5.34. The van der Waals surface area contributed by atoms with E-state index in [1.165, 1.54) is 15.6 Å². The summed E-state index contributed by atoms with van der Waals surface area (Å²) < 4.78 is 83.4. The Bertz CT molecular complexity index is 1350. The fourth-order valence-corrected chi connectivity index (χ4v) is 4.14. The van der Waals surface area contributed by atoms with Crippen molar-refractivity contribution >= 4 is 15.7 Å². The maximum atomic E-state index is 14.1. The van der Waals surface area contributed by atoms with E-state index in [1.807, 2.05) is 0 Å². The van der Waals surface area contributed by atoms with E-state index in [-0.39, 0.29) is 35.0 Å². The van der Waals surface area contributed by atoms with Gasteiger partial charge in [0.05, 0.1) is 22.7 Å². The molecule has 0 saturated carbocycles. The van der Waals surface area contributed by atoms with Crippen LogP contribution in [0.2, 0.25) is 0 Å². The molecule has 0 unspecified atom stereocenters. The van der Waals surface area contributed by atoms with Gasteiger partial charge >= 0.3 is 6.18 Å². The summed E-state index contributed by atoms with van der Waals surface area (Å²) in [4.78, 5) is 14.3. The van der Waals surface area contributed by atoms with Crippen molar-refractivity contribution < 1.29 is 35.5 Å². The van der Waals surface area contributed by atoms with Crippen molar-refractivity contribution in [2.75, 3.05) is 6.26 Å². The molecule has 34 heavy (non-hydrogen) atoms. The van der Waals surface area contributed by atoms with E-state index in [9.17, 15) is 30.8 Å². The summed E-state index contributed by atoms with van der Waals surface area (Å²) in [5.41, 5.74) is 1.03. The number of fused-ring (bicyclic) bond motifs is 1. The van der Waals surface area contributed by atoms with Crippen molar-refractivity contribution in [1.82, 2.24) is 14.7 Å². The number of carbonyl (C=O) groups excluding carboxylic acids is 1. The standard InChI is InChI=1S/C22H19F4N3O4S/c1-13(22(24,25)26)33-20-8-7-15(34(2,31)32)9-16(20)21(30)28-10-14-11-29(27-18(14)12-28)19-6-4-3-5-17(19)23/h3-9,11,13H,10,12H2,1-2H3/t13-/m0/s1. The van der Waals surface area contributed by atoms with Crippen molar-refractivity contribution in [2.24, 2.45) is 0 Å². The van der Waals surface area contributed by atoms with Crippen LogP contribution >= 0.6 is 0 Å². The average Bonchev–Trinajstić information content (AvgIpc) is 3.31. The fourth-order valence-electron chi connectivity index (χ4n) is 3.49. The molecule has 7 nitrogen and oxygen atoms in total. The Morgan fingerprint density at radius 3 is 2.47 bits per heavy atom. The number of ether oxygens (including phenoxy) is 1. The van der Waals surface area contributed by atoms with Gasteiger partial charge in [0.1, 0.15) is 17.3 Å². The second-order valence-electron chi connectivity index (χ2n) is 7.89. The van der Waals surface area contributed by atoms with Crippen LogP contribution in [0.25, 0.3) is 5.69 Å². The van der Waals surface area contributed by atoms with Gasteiger partial charge in [-0.3, -0.25) is 4.79 Å². The van der Waals surface area contributed by atoms with Gasteiger partial charge in [-0.25, -0.2) is 17.5 Å². The number of hydrogen-bond donors (Lipinski definition) is 0. The topological polar surface area (TPSA) is 81.5 Å². The molecule has 0 spiro atoms. The number of aromatic nitrogens is 2. The van der Waals surface area contributed by atoms with Crippen molar-refractivity contribution in [3.8, 4) is 11.4 Å². The second kappa shape index (κ2) is 8.42. The lowest BCUT2D eigenvalue weighted by atomic mass is 10.1. The number of nitrogens with zero attached hydrogens (tertiary/aromatic N) is 3. The lowest BCUT2D eigenvalue weighted by Crippen LogP contribution is -2.33. The van der Waals surface area contributed by atoms with E-state index < -0.39 is 33.8 Å². The maximum Gasteiger partial charge on any atom is 0.425 e. The number of benzene rings is 2. The van der Waals surface area contributed by atoms with E-state index >= 15 is 0 Å². The first kappa shape index (κ1) is 23.7. The molecule has 1 amide bonds. The van der Waals surface area contributed by atoms with Crippen LogP contribution in [0.5, 0.6) is 5.75 Å². The molecular weight excluding hydrogens is 478 g/mol. The average molecular weight is 497 g/mol. The van der Waals surface area contributed by atoms with Crippen LogP contribution in [0, 0.1) is 5.82 Å². The molecule has 1 aliphatic rings. The molecule has 4 rings (SSSR count). The summed E-state index contributed by atoms with van der Waals surface area (Å²) >= 11 is 0. The van der Waals surface area contributed by atoms with Gasteiger partial charge in [-0.2, -0.15) is 18.3 Å². The molecular formula is C22H19F4N3O4S. The van der Waals surface area contributed by atoms with Crippen LogP contribution in [-0.4, -0.2) is 47.5 Å². The zero-order valence-electron chi connectivity index (χ0n) is 18.0. The zero-order valence-corrected chi connectivity index (χ0v) is 18.8. The first-order valence-electron chi connectivity index (χ1n) is 10.0. The van der Waals surface area contributed by atoms with Gasteiger partial charge < -0.3 is 9.64 Å². The van der Waals surface area contributed by atoms with Crippen LogP contribution in [0.15, 0.2) is 53.6 Å². The number of halogens is 4. The van der Waals surface area contributed by atoms with Gasteiger partial charge in [0.2, 0.25) is 0 Å². The Kier molecular flexibility index (Phi) is 5.88. The molecule has 0 aliphatic carbocycles. The Balaban J connectivity index is 1.63. The van der Waals surface area contributed by atoms with Gasteiger partial charge in [0.15, 0.2) is 15.9 Å². The van der Waals surface area contributed by atoms with E-state index in [1.54, 1.807) is 24.4 Å². The van der Waals surface area contributed by atoms with E-state index in [2.05, 4.69) is 5.10 Å². The summed E-state index contributed by atoms with van der Waals surface area (Å²) in [7, 11) is -3.74. The Morgan fingerprint density at radius 2 is 1.85 bits per heavy atom. The molecule has 1 aliphatic heterocycles. The maximum absolute atomic E-state index is 14.1. The third kappa shape index (κ3) is 4.63. The van der Waals surface area contributed by atoms with Crippen molar-refractivity contribution in [1.29, 1.82) is 0 Å². The summed E-state index contributed by atoms with van der Waals surface area (Å²) in [5.74, 6) is -1.58. The molecule has 0 bridgehead atoms. The molecule has 1 aromatic heterocycles. The highest BCUT2D eigenvalue weighted by Crippen LogP contribution is 2.32. The van der Waals surface area contributed by atoms with E-state index in [4.69, 9.17) is 4.74 Å². The summed E-state index contributed by atoms with van der Waals surface area (Å²) in [6.07, 6.45) is -4.41. The minimum Gasteiger partial charge on any atom is -0.480 e. The minimum atomic E-state index is -4.68. The summed E-state index contributed by atoms with van der Waals surface area (Å²) in [6.45, 7) is 0.850. The van der Waals surface area contributed by atoms with Crippen molar-refractivity contribution in [3.63, 3.8) is 0 Å². The van der Waals surface area contributed by atoms with Crippen LogP contribution in [0.4, 0.5) is 17.6 Å². The van der Waals surface area contributed by atoms with Gasteiger partial charge in [-0.05, 0) is 37.3 Å². The molecule has 180 valence electrons. The Labute approximate surface area is 192 Å². The first-order chi connectivity index (χ1) is 15.8. The fraction of sp³-hybridized carbons (Fsp3) is 0.273. The SMILES string of the molecule is C[C@H](Oc1ccc(S(C)(=O)=O)cc1C(=O)N1Cc2cn(-c3ccccc3F)nc2C1)C(F)(F)F. The quantitative estimate of drug-likeness (QED) is 0.500. The van der Waals surface area contributed by atoms with E-state index in [0.29, 0.717) is 11.3 Å². The molecule has 3 aromatic rings. The Hall–Kier alpha value is -3.41. The predicted octanol–water partition coefficient (Wildman–Crippen LogP) is 3.90. The highest BCUT2D eigenvalue weighted by Gasteiger charge is 2.39. The van der Waals surface area contributed by atoms with Crippen LogP contribution in [0.3, 0.4) is 0 Å². The molecule has 0 fully saturated rings. The van der Waals surface area contributed by atoms with Crippen molar-refractivity contribution in [2.45, 2.75) is 37.2 Å². The molecule has 1 atom stereocenters. The van der Waals surface area contributed by atoms with Crippen LogP contribution < -0.4 is 4.74 Å². The molecule has 2 heterocycles. The Morgan fingerprint density at radius 1 is 1.15 bits per heavy atom. The molecule has 0 saturated heterocycles. The van der Waals surface area contributed by atoms with Gasteiger partial charge in [0.25, 0.3) is 5.91 Å². The summed E-state index contributed by atoms with van der Waals surface area (Å²) in [6, 6.07) is 9.16. The number of alkyl halides is 3. The molecule has 0 N–H and O–H groups in total. The van der Waals surface area contributed by atoms with Gasteiger partial charge in [-0.1, -0.05) is 12.1 Å². The number of rotatable bonds is 5. The highest BCUT2D eigenvalue weighted by molar-refractivity contribution is 7.90. The largest absolute Gasteiger partial charge is 0.480 e. The number of hydrogen-bond acceptors (Lipinski definition) is 5. The highest BCUT2D eigenvalue weighted by atomic mass is 32.2. The lowest BCUT2D eigenvalue weighted by molar-refractivity contribution is -0.189. The zero-order chi connectivity index (χ0) is 24.8. The molecule has 12 heteroatoms. The van der Waals surface area contributed by atoms with Crippen molar-refractivity contribution in [3.05, 3.63) is 71.3 Å². The van der Waals surface area contributed by atoms with Crippen LogP contribution in [0.1, 0.15) is 28.5 Å². The second-order valence-corrected chi connectivity index (χ2v) is 9.91. The third-order valence-corrected chi connectivity index (χ3v) is 6.45. The predicted molar refractivity (Wildman–Crippen MR) is 113 cm³/mol. The number of para-hydroxylation sites is 1. The van der Waals surface area contributed by atoms with Gasteiger partial charge in [0, 0.05) is 24.6 Å². The normalized spacial score (nSPS) is 14.7. The minimum absolute atomic E-state index is 0.00693.